The first-order valence-corrected chi connectivity index (χ1v) is 8.06. The van der Waals surface area contributed by atoms with E-state index >= 15 is 0 Å². The van der Waals surface area contributed by atoms with Gasteiger partial charge in [0.2, 0.25) is 10.0 Å². The van der Waals surface area contributed by atoms with E-state index in [9.17, 15) is 17.6 Å². The Morgan fingerprint density at radius 3 is 2.45 bits per heavy atom. The van der Waals surface area contributed by atoms with Gasteiger partial charge < -0.3 is 5.11 Å². The number of hydrogen-bond donors (Lipinski definition) is 1. The van der Waals surface area contributed by atoms with Crippen molar-refractivity contribution >= 4 is 43.5 Å². The molecular formula is C11H12BrClFNO4S. The second kappa shape index (κ2) is 6.38. The number of carboxylic acids is 1. The fourth-order valence-electron chi connectivity index (χ4n) is 1.57. The molecular weight excluding hydrogens is 377 g/mol. The highest BCUT2D eigenvalue weighted by Gasteiger charge is 2.32. The topological polar surface area (TPSA) is 74.7 Å². The molecule has 0 radical (unpaired) electrons. The van der Waals surface area contributed by atoms with E-state index in [1.165, 1.54) is 13.8 Å². The fraction of sp³-hybridized carbons (Fsp3) is 0.364. The lowest BCUT2D eigenvalue weighted by Gasteiger charge is -2.25. The minimum atomic E-state index is -4.17. The summed E-state index contributed by atoms with van der Waals surface area (Å²) in [6.07, 6.45) is 0. The summed E-state index contributed by atoms with van der Waals surface area (Å²) in [7, 11) is -4.17. The van der Waals surface area contributed by atoms with E-state index in [0.29, 0.717) is 0 Å². The van der Waals surface area contributed by atoms with Crippen molar-refractivity contribution in [3.05, 3.63) is 27.4 Å². The summed E-state index contributed by atoms with van der Waals surface area (Å²) in [6, 6.07) is 1.22. The SMILES string of the molecule is CC(C)N(CC(=O)O)S(=O)(=O)c1c(Cl)cc(F)cc1Br. The number of halogens is 3. The molecule has 1 aromatic rings. The zero-order valence-corrected chi connectivity index (χ0v) is 13.8. The Labute approximate surface area is 129 Å². The van der Waals surface area contributed by atoms with Crippen LogP contribution < -0.4 is 0 Å². The van der Waals surface area contributed by atoms with Gasteiger partial charge in [0.05, 0.1) is 5.02 Å². The van der Waals surface area contributed by atoms with E-state index in [2.05, 4.69) is 15.9 Å². The number of sulfonamides is 1. The van der Waals surface area contributed by atoms with Crippen molar-refractivity contribution in [1.82, 2.24) is 4.31 Å². The maximum Gasteiger partial charge on any atom is 0.318 e. The molecule has 1 N–H and O–H groups in total. The summed E-state index contributed by atoms with van der Waals surface area (Å²) in [5, 5.41) is 8.50. The van der Waals surface area contributed by atoms with Crippen molar-refractivity contribution in [2.75, 3.05) is 6.54 Å². The van der Waals surface area contributed by atoms with Crippen LogP contribution in [0.4, 0.5) is 4.39 Å². The summed E-state index contributed by atoms with van der Waals surface area (Å²) in [5.41, 5.74) is 0. The Kier molecular flexibility index (Phi) is 5.54. The predicted molar refractivity (Wildman–Crippen MR) is 75.8 cm³/mol. The molecule has 0 saturated heterocycles. The van der Waals surface area contributed by atoms with Crippen molar-refractivity contribution in [1.29, 1.82) is 0 Å². The first-order chi connectivity index (χ1) is 9.07. The Balaban J connectivity index is 3.45. The van der Waals surface area contributed by atoms with Crippen LogP contribution in [0.2, 0.25) is 5.02 Å². The van der Waals surface area contributed by atoms with Gasteiger partial charge in [0.1, 0.15) is 17.3 Å². The first kappa shape index (κ1) is 17.4. The molecule has 0 atom stereocenters. The van der Waals surface area contributed by atoms with Crippen LogP contribution in [0.15, 0.2) is 21.5 Å². The molecule has 0 bridgehead atoms. The van der Waals surface area contributed by atoms with Gasteiger partial charge in [-0.05, 0) is 41.9 Å². The van der Waals surface area contributed by atoms with E-state index < -0.39 is 34.4 Å². The number of benzene rings is 1. The molecule has 1 rings (SSSR count). The third-order valence-corrected chi connectivity index (χ3v) is 5.82. The van der Waals surface area contributed by atoms with Gasteiger partial charge in [0.25, 0.3) is 0 Å². The van der Waals surface area contributed by atoms with E-state index in [4.69, 9.17) is 16.7 Å². The minimum absolute atomic E-state index is 0.0569. The van der Waals surface area contributed by atoms with Crippen LogP contribution in [0.5, 0.6) is 0 Å². The van der Waals surface area contributed by atoms with Crippen molar-refractivity contribution < 1.29 is 22.7 Å². The van der Waals surface area contributed by atoms with Crippen LogP contribution in [0.3, 0.4) is 0 Å². The number of hydrogen-bond acceptors (Lipinski definition) is 3. The third kappa shape index (κ3) is 3.69. The molecule has 5 nitrogen and oxygen atoms in total. The number of rotatable bonds is 5. The Bertz CT molecular complexity index is 612. The molecule has 20 heavy (non-hydrogen) atoms. The van der Waals surface area contributed by atoms with Gasteiger partial charge in [0, 0.05) is 10.5 Å². The molecule has 0 unspecified atom stereocenters. The number of carboxylic acid groups (broad SMARTS) is 1. The molecule has 0 heterocycles. The van der Waals surface area contributed by atoms with Crippen LogP contribution in [-0.2, 0) is 14.8 Å². The zero-order valence-electron chi connectivity index (χ0n) is 10.6. The molecule has 0 aliphatic carbocycles. The van der Waals surface area contributed by atoms with E-state index in [0.717, 1.165) is 16.4 Å². The van der Waals surface area contributed by atoms with Crippen molar-refractivity contribution in [3.8, 4) is 0 Å². The van der Waals surface area contributed by atoms with Crippen LogP contribution in [0.25, 0.3) is 0 Å². The lowest BCUT2D eigenvalue weighted by Crippen LogP contribution is -2.40. The predicted octanol–water partition coefficient (Wildman–Crippen LogP) is 2.73. The molecule has 112 valence electrons. The second-order valence-corrected chi connectivity index (χ2v) is 7.33. The fourth-order valence-corrected chi connectivity index (χ4v) is 4.91. The molecule has 0 aliphatic rings. The van der Waals surface area contributed by atoms with Gasteiger partial charge >= 0.3 is 5.97 Å². The smallest absolute Gasteiger partial charge is 0.318 e. The van der Waals surface area contributed by atoms with Gasteiger partial charge in [-0.3, -0.25) is 4.79 Å². The monoisotopic (exact) mass is 387 g/mol. The van der Waals surface area contributed by atoms with Gasteiger partial charge in [0.15, 0.2) is 0 Å². The number of nitrogens with zero attached hydrogens (tertiary/aromatic N) is 1. The van der Waals surface area contributed by atoms with Crippen LogP contribution in [0, 0.1) is 5.82 Å². The highest BCUT2D eigenvalue weighted by Crippen LogP contribution is 2.33. The Hall–Kier alpha value is -0.700. The van der Waals surface area contributed by atoms with Crippen molar-refractivity contribution in [2.24, 2.45) is 0 Å². The lowest BCUT2D eigenvalue weighted by molar-refractivity contribution is -0.137. The molecule has 9 heteroatoms. The zero-order chi connectivity index (χ0) is 15.7. The maximum atomic E-state index is 13.1. The van der Waals surface area contributed by atoms with Crippen LogP contribution in [-0.4, -0.2) is 36.4 Å². The Morgan fingerprint density at radius 1 is 1.50 bits per heavy atom. The average molecular weight is 389 g/mol. The quantitative estimate of drug-likeness (QED) is 0.841. The van der Waals surface area contributed by atoms with Crippen molar-refractivity contribution in [3.63, 3.8) is 0 Å². The van der Waals surface area contributed by atoms with Crippen LogP contribution >= 0.6 is 27.5 Å². The van der Waals surface area contributed by atoms with Gasteiger partial charge in [-0.15, -0.1) is 0 Å². The molecule has 1 aromatic carbocycles. The normalized spacial score (nSPS) is 12.2. The summed E-state index contributed by atoms with van der Waals surface area (Å²) in [5.74, 6) is -1.99. The molecule has 0 amide bonds. The number of carbonyl (C=O) groups is 1. The third-order valence-electron chi connectivity index (χ3n) is 2.40. The van der Waals surface area contributed by atoms with Gasteiger partial charge in [-0.25, -0.2) is 12.8 Å². The molecule has 0 aromatic heterocycles. The largest absolute Gasteiger partial charge is 0.480 e. The molecule has 0 saturated carbocycles. The highest BCUT2D eigenvalue weighted by atomic mass is 79.9. The van der Waals surface area contributed by atoms with Gasteiger partial charge in [-0.2, -0.15) is 4.31 Å². The summed E-state index contributed by atoms with van der Waals surface area (Å²) in [6.45, 7) is 2.36. The molecule has 0 aliphatic heterocycles. The average Bonchev–Trinajstić information content (AvgIpc) is 2.22. The first-order valence-electron chi connectivity index (χ1n) is 5.45. The van der Waals surface area contributed by atoms with E-state index in [-0.39, 0.29) is 14.4 Å². The maximum absolute atomic E-state index is 13.1. The lowest BCUT2D eigenvalue weighted by atomic mass is 10.3. The van der Waals surface area contributed by atoms with Gasteiger partial charge in [-0.1, -0.05) is 11.6 Å². The van der Waals surface area contributed by atoms with E-state index in [1.54, 1.807) is 0 Å². The Morgan fingerprint density at radius 2 is 2.05 bits per heavy atom. The summed E-state index contributed by atoms with van der Waals surface area (Å²) < 4.78 is 38.8. The molecule has 0 fully saturated rings. The number of aliphatic carboxylic acids is 1. The minimum Gasteiger partial charge on any atom is -0.480 e. The summed E-state index contributed by atoms with van der Waals surface area (Å²) >= 11 is 8.72. The van der Waals surface area contributed by atoms with Crippen LogP contribution in [0.1, 0.15) is 13.8 Å². The highest BCUT2D eigenvalue weighted by molar-refractivity contribution is 9.10. The summed E-state index contributed by atoms with van der Waals surface area (Å²) in [4.78, 5) is 10.5. The standard InChI is InChI=1S/C11H12BrClFNO4S/c1-6(2)15(5-10(16)17)20(18,19)11-8(12)3-7(14)4-9(11)13/h3-4,6H,5H2,1-2H3,(H,16,17). The molecule has 0 spiro atoms. The second-order valence-electron chi connectivity index (χ2n) is 4.24. The van der Waals surface area contributed by atoms with Crippen molar-refractivity contribution in [2.45, 2.75) is 24.8 Å². The van der Waals surface area contributed by atoms with E-state index in [1.807, 2.05) is 0 Å².